The first-order valence-electron chi connectivity index (χ1n) is 10.3. The second-order valence-electron chi connectivity index (χ2n) is 8.27. The van der Waals surface area contributed by atoms with E-state index in [9.17, 15) is 9.59 Å². The number of rotatable bonds is 9. The SMILES string of the molecule is CN(C)CCNC(=O)C(Cc1ccc(Cl)cc1Cl)NC(=O)C1(c2ccc(Cl)cc2Cl)CC1. The van der Waals surface area contributed by atoms with Crippen LogP contribution in [0.5, 0.6) is 0 Å². The Morgan fingerprint density at radius 2 is 1.62 bits per heavy atom. The van der Waals surface area contributed by atoms with Gasteiger partial charge in [-0.2, -0.15) is 0 Å². The third kappa shape index (κ3) is 6.09. The Kier molecular flexibility index (Phi) is 8.34. The van der Waals surface area contributed by atoms with Gasteiger partial charge in [0.1, 0.15) is 6.04 Å². The van der Waals surface area contributed by atoms with Crippen LogP contribution in [0.15, 0.2) is 36.4 Å². The Morgan fingerprint density at radius 1 is 1.00 bits per heavy atom. The smallest absolute Gasteiger partial charge is 0.242 e. The minimum Gasteiger partial charge on any atom is -0.353 e. The molecule has 0 saturated heterocycles. The van der Waals surface area contributed by atoms with Gasteiger partial charge in [0, 0.05) is 39.6 Å². The van der Waals surface area contributed by atoms with Crippen molar-refractivity contribution in [3.05, 3.63) is 67.6 Å². The van der Waals surface area contributed by atoms with Crippen LogP contribution in [0.25, 0.3) is 0 Å². The average Bonchev–Trinajstić information content (AvgIpc) is 3.50. The van der Waals surface area contributed by atoms with Gasteiger partial charge in [-0.1, -0.05) is 58.5 Å². The number of nitrogens with zero attached hydrogens (tertiary/aromatic N) is 1. The van der Waals surface area contributed by atoms with E-state index < -0.39 is 11.5 Å². The molecule has 1 aliphatic carbocycles. The molecule has 32 heavy (non-hydrogen) atoms. The molecule has 0 bridgehead atoms. The van der Waals surface area contributed by atoms with Gasteiger partial charge >= 0.3 is 0 Å². The zero-order valence-electron chi connectivity index (χ0n) is 17.9. The van der Waals surface area contributed by atoms with Crippen LogP contribution in [0.2, 0.25) is 20.1 Å². The van der Waals surface area contributed by atoms with Gasteiger partial charge in [-0.3, -0.25) is 9.59 Å². The van der Waals surface area contributed by atoms with Crippen molar-refractivity contribution in [2.45, 2.75) is 30.7 Å². The third-order valence-electron chi connectivity index (χ3n) is 5.55. The molecule has 9 heteroatoms. The van der Waals surface area contributed by atoms with Crippen molar-refractivity contribution >= 4 is 58.2 Å². The van der Waals surface area contributed by atoms with E-state index in [4.69, 9.17) is 46.4 Å². The first kappa shape index (κ1) is 25.1. The van der Waals surface area contributed by atoms with Crippen molar-refractivity contribution in [2.75, 3.05) is 27.2 Å². The van der Waals surface area contributed by atoms with E-state index in [1.807, 2.05) is 19.0 Å². The topological polar surface area (TPSA) is 61.4 Å². The molecule has 2 amide bonds. The lowest BCUT2D eigenvalue weighted by Crippen LogP contribution is -2.51. The summed E-state index contributed by atoms with van der Waals surface area (Å²) in [6.07, 6.45) is 1.54. The molecule has 5 nitrogen and oxygen atoms in total. The summed E-state index contributed by atoms with van der Waals surface area (Å²) < 4.78 is 0. The van der Waals surface area contributed by atoms with Crippen LogP contribution in [0, 0.1) is 0 Å². The van der Waals surface area contributed by atoms with Gasteiger partial charge < -0.3 is 15.5 Å². The standard InChI is InChI=1S/C23H25Cl4N3O2/c1-30(2)10-9-28-21(31)20(11-14-3-4-15(24)12-18(14)26)29-22(32)23(7-8-23)17-6-5-16(25)13-19(17)27/h3-6,12-13,20H,7-11H2,1-2H3,(H,28,31)(H,29,32). The molecular weight excluding hydrogens is 492 g/mol. The lowest BCUT2D eigenvalue weighted by Gasteiger charge is -2.24. The van der Waals surface area contributed by atoms with Gasteiger partial charge in [0.25, 0.3) is 0 Å². The number of hydrogen-bond donors (Lipinski definition) is 2. The fourth-order valence-electron chi connectivity index (χ4n) is 3.56. The number of halogens is 4. The monoisotopic (exact) mass is 515 g/mol. The molecule has 2 N–H and O–H groups in total. The summed E-state index contributed by atoms with van der Waals surface area (Å²) in [7, 11) is 3.84. The summed E-state index contributed by atoms with van der Waals surface area (Å²) in [5, 5.41) is 7.73. The molecule has 0 aliphatic heterocycles. The number of carbonyl (C=O) groups is 2. The number of nitrogens with one attached hydrogen (secondary N) is 2. The maximum Gasteiger partial charge on any atom is 0.242 e. The van der Waals surface area contributed by atoms with Crippen LogP contribution in [0.1, 0.15) is 24.0 Å². The molecule has 1 fully saturated rings. The Balaban J connectivity index is 1.80. The van der Waals surface area contributed by atoms with Crippen molar-refractivity contribution in [3.8, 4) is 0 Å². The van der Waals surface area contributed by atoms with Gasteiger partial charge in [0.2, 0.25) is 11.8 Å². The molecule has 3 rings (SSSR count). The van der Waals surface area contributed by atoms with Crippen LogP contribution in [0.4, 0.5) is 0 Å². The van der Waals surface area contributed by atoms with E-state index >= 15 is 0 Å². The molecule has 1 saturated carbocycles. The first-order chi connectivity index (χ1) is 15.1. The van der Waals surface area contributed by atoms with E-state index in [0.717, 1.165) is 11.1 Å². The lowest BCUT2D eigenvalue weighted by atomic mass is 9.94. The molecule has 0 spiro atoms. The summed E-state index contributed by atoms with van der Waals surface area (Å²) in [5.74, 6) is -0.510. The summed E-state index contributed by atoms with van der Waals surface area (Å²) in [4.78, 5) is 28.3. The van der Waals surface area contributed by atoms with E-state index in [1.54, 1.807) is 36.4 Å². The maximum absolute atomic E-state index is 13.3. The Bertz CT molecular complexity index is 1010. The number of carbonyl (C=O) groups excluding carboxylic acids is 2. The quantitative estimate of drug-likeness (QED) is 0.506. The molecule has 2 aromatic rings. The predicted molar refractivity (Wildman–Crippen MR) is 131 cm³/mol. The zero-order chi connectivity index (χ0) is 23.5. The molecule has 0 aromatic heterocycles. The largest absolute Gasteiger partial charge is 0.353 e. The highest BCUT2D eigenvalue weighted by Gasteiger charge is 2.53. The van der Waals surface area contributed by atoms with Crippen LogP contribution >= 0.6 is 46.4 Å². The maximum atomic E-state index is 13.3. The Morgan fingerprint density at radius 3 is 2.19 bits per heavy atom. The number of benzene rings is 2. The highest BCUT2D eigenvalue weighted by molar-refractivity contribution is 6.35. The van der Waals surface area contributed by atoms with Crippen LogP contribution in [-0.2, 0) is 21.4 Å². The average molecular weight is 517 g/mol. The minimum atomic E-state index is -0.799. The van der Waals surface area contributed by atoms with E-state index in [1.165, 1.54) is 0 Å². The second kappa shape index (κ2) is 10.6. The summed E-state index contributed by atoms with van der Waals surface area (Å²) >= 11 is 24.7. The Hall–Kier alpha value is -1.50. The van der Waals surface area contributed by atoms with Gasteiger partial charge in [-0.25, -0.2) is 0 Å². The van der Waals surface area contributed by atoms with Crippen LogP contribution in [-0.4, -0.2) is 49.9 Å². The highest BCUT2D eigenvalue weighted by Crippen LogP contribution is 2.51. The van der Waals surface area contributed by atoms with Gasteiger partial charge in [0.05, 0.1) is 5.41 Å². The first-order valence-corrected chi connectivity index (χ1v) is 11.8. The minimum absolute atomic E-state index is 0.236. The zero-order valence-corrected chi connectivity index (χ0v) is 20.9. The molecule has 1 unspecified atom stereocenters. The summed E-state index contributed by atoms with van der Waals surface area (Å²) in [5.41, 5.74) is 0.684. The molecular formula is C23H25Cl4N3O2. The molecule has 0 radical (unpaired) electrons. The van der Waals surface area contributed by atoms with Crippen LogP contribution in [0.3, 0.4) is 0 Å². The van der Waals surface area contributed by atoms with Gasteiger partial charge in [0.15, 0.2) is 0 Å². The molecule has 2 aromatic carbocycles. The molecule has 0 heterocycles. The predicted octanol–water partition coefficient (Wildman–Crippen LogP) is 4.74. The lowest BCUT2D eigenvalue weighted by molar-refractivity contribution is -0.130. The van der Waals surface area contributed by atoms with Gasteiger partial charge in [-0.05, 0) is 62.3 Å². The van der Waals surface area contributed by atoms with Crippen LogP contribution < -0.4 is 10.6 Å². The van der Waals surface area contributed by atoms with E-state index in [-0.39, 0.29) is 18.2 Å². The molecule has 1 aliphatic rings. The third-order valence-corrected chi connectivity index (χ3v) is 6.69. The van der Waals surface area contributed by atoms with E-state index in [0.29, 0.717) is 46.0 Å². The van der Waals surface area contributed by atoms with Gasteiger partial charge in [-0.15, -0.1) is 0 Å². The summed E-state index contributed by atoms with van der Waals surface area (Å²) in [6, 6.07) is 9.42. The normalized spacial score (nSPS) is 15.3. The molecule has 1 atom stereocenters. The van der Waals surface area contributed by atoms with Crippen molar-refractivity contribution in [3.63, 3.8) is 0 Å². The van der Waals surface area contributed by atoms with Crippen molar-refractivity contribution in [1.82, 2.24) is 15.5 Å². The number of amides is 2. The molecule has 172 valence electrons. The summed E-state index contributed by atoms with van der Waals surface area (Å²) in [6.45, 7) is 1.14. The fourth-order valence-corrected chi connectivity index (χ4v) is 4.64. The highest BCUT2D eigenvalue weighted by atomic mass is 35.5. The fraction of sp³-hybridized carbons (Fsp3) is 0.391. The van der Waals surface area contributed by atoms with Crippen molar-refractivity contribution in [1.29, 1.82) is 0 Å². The van der Waals surface area contributed by atoms with Crippen molar-refractivity contribution in [2.24, 2.45) is 0 Å². The number of hydrogen-bond acceptors (Lipinski definition) is 3. The second-order valence-corrected chi connectivity index (χ2v) is 9.95. The van der Waals surface area contributed by atoms with Crippen molar-refractivity contribution < 1.29 is 9.59 Å². The van der Waals surface area contributed by atoms with E-state index in [2.05, 4.69) is 10.6 Å². The number of likely N-dealkylation sites (N-methyl/N-ethyl adjacent to an activating group) is 1. The Labute approximate surface area is 208 Å².